The highest BCUT2D eigenvalue weighted by molar-refractivity contribution is 5.99. The average Bonchev–Trinajstić information content (AvgIpc) is 2.97. The molecule has 1 heterocycles. The number of rotatable bonds is 7. The van der Waals surface area contributed by atoms with Crippen molar-refractivity contribution in [3.63, 3.8) is 0 Å². The molecule has 1 N–H and O–H groups in total. The number of hydrogen-bond acceptors (Lipinski definition) is 5. The Morgan fingerprint density at radius 3 is 2.00 bits per heavy atom. The van der Waals surface area contributed by atoms with Gasteiger partial charge in [0.05, 0.1) is 28.0 Å². The van der Waals surface area contributed by atoms with Gasteiger partial charge in [0.15, 0.2) is 6.10 Å². The van der Waals surface area contributed by atoms with Crippen LogP contribution in [0.1, 0.15) is 34.8 Å². The normalized spacial score (nSPS) is 11.7. The molecule has 4 aromatic carbocycles. The highest BCUT2D eigenvalue weighted by Crippen LogP contribution is 2.31. The topological polar surface area (TPSA) is 81.2 Å². The Hall–Kier alpha value is -4.84. The Labute approximate surface area is 227 Å². The third-order valence-corrected chi connectivity index (χ3v) is 6.56. The number of hydrogen-bond donors (Lipinski definition) is 1. The lowest BCUT2D eigenvalue weighted by Crippen LogP contribution is -2.32. The van der Waals surface area contributed by atoms with Gasteiger partial charge in [-0.05, 0) is 55.7 Å². The van der Waals surface area contributed by atoms with Gasteiger partial charge in [0, 0.05) is 16.8 Å². The first-order valence-corrected chi connectivity index (χ1v) is 12.9. The standard InChI is InChI=1S/C33H29N3O3/c1-4-29(32(37)36-27-19-21(2)15-16-22(27)3)39-33(38)25-17-18-26-28(20-25)35-31(24-13-9-6-10-14-24)30(34-26)23-11-7-5-8-12-23/h5-20,29H,4H2,1-3H3,(H,36,37). The second-order valence-corrected chi connectivity index (χ2v) is 9.47. The number of benzene rings is 4. The molecule has 1 aromatic heterocycles. The number of aryl methyl sites for hydroxylation is 2. The molecular formula is C33H29N3O3. The van der Waals surface area contributed by atoms with Gasteiger partial charge < -0.3 is 10.1 Å². The van der Waals surface area contributed by atoms with Crippen molar-refractivity contribution in [2.45, 2.75) is 33.3 Å². The molecule has 0 bridgehead atoms. The van der Waals surface area contributed by atoms with E-state index < -0.39 is 12.1 Å². The SMILES string of the molecule is CCC(OC(=O)c1ccc2nc(-c3ccccc3)c(-c3ccccc3)nc2c1)C(=O)Nc1cc(C)ccc1C. The Balaban J connectivity index is 1.44. The van der Waals surface area contributed by atoms with Crippen LogP contribution in [0.25, 0.3) is 33.5 Å². The summed E-state index contributed by atoms with van der Waals surface area (Å²) in [5.74, 6) is -0.950. The van der Waals surface area contributed by atoms with Crippen LogP contribution < -0.4 is 5.32 Å². The Morgan fingerprint density at radius 1 is 0.769 bits per heavy atom. The molecule has 0 aliphatic rings. The minimum absolute atomic E-state index is 0.307. The Bertz CT molecular complexity index is 1650. The molecule has 0 radical (unpaired) electrons. The Morgan fingerprint density at radius 2 is 1.38 bits per heavy atom. The number of ether oxygens (including phenoxy) is 1. The van der Waals surface area contributed by atoms with E-state index in [1.807, 2.05) is 99.6 Å². The summed E-state index contributed by atoms with van der Waals surface area (Å²) in [5, 5.41) is 2.90. The summed E-state index contributed by atoms with van der Waals surface area (Å²) >= 11 is 0. The van der Waals surface area contributed by atoms with Gasteiger partial charge in [0.25, 0.3) is 5.91 Å². The molecule has 1 atom stereocenters. The molecule has 0 saturated heterocycles. The van der Waals surface area contributed by atoms with Crippen molar-refractivity contribution in [2.24, 2.45) is 0 Å². The van der Waals surface area contributed by atoms with Gasteiger partial charge in [-0.15, -0.1) is 0 Å². The van der Waals surface area contributed by atoms with E-state index in [2.05, 4.69) is 5.32 Å². The number of fused-ring (bicyclic) bond motifs is 1. The van der Waals surface area contributed by atoms with E-state index in [1.54, 1.807) is 18.2 Å². The molecule has 0 aliphatic heterocycles. The monoisotopic (exact) mass is 515 g/mol. The number of nitrogens with one attached hydrogen (secondary N) is 1. The van der Waals surface area contributed by atoms with Gasteiger partial charge in [-0.2, -0.15) is 0 Å². The average molecular weight is 516 g/mol. The molecule has 194 valence electrons. The molecule has 6 heteroatoms. The fraction of sp³-hybridized carbons (Fsp3) is 0.152. The van der Waals surface area contributed by atoms with Crippen molar-refractivity contribution >= 4 is 28.6 Å². The largest absolute Gasteiger partial charge is 0.449 e. The molecule has 0 fully saturated rings. The molecule has 1 amide bonds. The first kappa shape index (κ1) is 25.8. The van der Waals surface area contributed by atoms with Crippen LogP contribution in [0.3, 0.4) is 0 Å². The molecule has 0 saturated carbocycles. The lowest BCUT2D eigenvalue weighted by atomic mass is 10.0. The van der Waals surface area contributed by atoms with Crippen molar-refractivity contribution in [1.29, 1.82) is 0 Å². The number of carbonyl (C=O) groups excluding carboxylic acids is 2. The summed E-state index contributed by atoms with van der Waals surface area (Å²) in [7, 11) is 0. The molecule has 0 spiro atoms. The third-order valence-electron chi connectivity index (χ3n) is 6.56. The number of aromatic nitrogens is 2. The van der Waals surface area contributed by atoms with Gasteiger partial charge in [0.1, 0.15) is 0 Å². The lowest BCUT2D eigenvalue weighted by molar-refractivity contribution is -0.124. The van der Waals surface area contributed by atoms with Crippen molar-refractivity contribution < 1.29 is 14.3 Å². The predicted octanol–water partition coefficient (Wildman–Crippen LogP) is 7.15. The Kier molecular flexibility index (Phi) is 7.46. The first-order valence-electron chi connectivity index (χ1n) is 12.9. The second-order valence-electron chi connectivity index (χ2n) is 9.47. The lowest BCUT2D eigenvalue weighted by Gasteiger charge is -2.17. The molecule has 39 heavy (non-hydrogen) atoms. The molecule has 5 aromatic rings. The fourth-order valence-corrected chi connectivity index (χ4v) is 4.38. The van der Waals surface area contributed by atoms with Gasteiger partial charge >= 0.3 is 5.97 Å². The molecule has 0 aliphatic carbocycles. The van der Waals surface area contributed by atoms with Crippen molar-refractivity contribution in [2.75, 3.05) is 5.32 Å². The second kappa shape index (κ2) is 11.3. The minimum atomic E-state index is -0.931. The zero-order valence-corrected chi connectivity index (χ0v) is 22.1. The number of esters is 1. The van der Waals surface area contributed by atoms with Crippen LogP contribution in [0.4, 0.5) is 5.69 Å². The van der Waals surface area contributed by atoms with Gasteiger partial charge in [-0.3, -0.25) is 4.79 Å². The van der Waals surface area contributed by atoms with Gasteiger partial charge in [0.2, 0.25) is 0 Å². The van der Waals surface area contributed by atoms with E-state index in [0.717, 1.165) is 33.6 Å². The van der Waals surface area contributed by atoms with Gasteiger partial charge in [-0.1, -0.05) is 79.7 Å². The van der Waals surface area contributed by atoms with Crippen molar-refractivity contribution in [3.05, 3.63) is 114 Å². The number of nitrogens with zero attached hydrogens (tertiary/aromatic N) is 2. The summed E-state index contributed by atoms with van der Waals surface area (Å²) < 4.78 is 5.65. The van der Waals surface area contributed by atoms with E-state index >= 15 is 0 Å². The van der Waals surface area contributed by atoms with Crippen LogP contribution in [-0.4, -0.2) is 27.9 Å². The maximum atomic E-state index is 13.1. The van der Waals surface area contributed by atoms with Crippen LogP contribution in [0.5, 0.6) is 0 Å². The highest BCUT2D eigenvalue weighted by Gasteiger charge is 2.23. The quantitative estimate of drug-likeness (QED) is 0.233. The van der Waals surface area contributed by atoms with E-state index in [9.17, 15) is 9.59 Å². The number of carbonyl (C=O) groups is 2. The summed E-state index contributed by atoms with van der Waals surface area (Å²) in [6.45, 7) is 5.69. The molecular weight excluding hydrogens is 486 g/mol. The van der Waals surface area contributed by atoms with Crippen molar-refractivity contribution in [1.82, 2.24) is 9.97 Å². The summed E-state index contributed by atoms with van der Waals surface area (Å²) in [5.41, 5.74) is 7.57. The maximum Gasteiger partial charge on any atom is 0.338 e. The smallest absolute Gasteiger partial charge is 0.338 e. The van der Waals surface area contributed by atoms with E-state index in [1.165, 1.54) is 0 Å². The first-order chi connectivity index (χ1) is 18.9. The number of amides is 1. The number of anilines is 1. The van der Waals surface area contributed by atoms with E-state index in [-0.39, 0.29) is 5.91 Å². The fourth-order valence-electron chi connectivity index (χ4n) is 4.38. The minimum Gasteiger partial charge on any atom is -0.449 e. The van der Waals surface area contributed by atoms with Gasteiger partial charge in [-0.25, -0.2) is 14.8 Å². The van der Waals surface area contributed by atoms with Crippen LogP contribution in [0.15, 0.2) is 97.1 Å². The maximum absolute atomic E-state index is 13.1. The summed E-state index contributed by atoms with van der Waals surface area (Å²) in [6.07, 6.45) is -0.589. The van der Waals surface area contributed by atoms with Crippen molar-refractivity contribution in [3.8, 4) is 22.5 Å². The zero-order chi connectivity index (χ0) is 27.4. The van der Waals surface area contributed by atoms with E-state index in [0.29, 0.717) is 28.7 Å². The zero-order valence-electron chi connectivity index (χ0n) is 22.1. The third kappa shape index (κ3) is 5.70. The molecule has 6 nitrogen and oxygen atoms in total. The molecule has 5 rings (SSSR count). The summed E-state index contributed by atoms with van der Waals surface area (Å²) in [6, 6.07) is 30.7. The van der Waals surface area contributed by atoms with E-state index in [4.69, 9.17) is 14.7 Å². The van der Waals surface area contributed by atoms with Crippen LogP contribution in [-0.2, 0) is 9.53 Å². The highest BCUT2D eigenvalue weighted by atomic mass is 16.5. The van der Waals surface area contributed by atoms with Crippen LogP contribution in [0.2, 0.25) is 0 Å². The van der Waals surface area contributed by atoms with Crippen LogP contribution in [0, 0.1) is 13.8 Å². The summed E-state index contributed by atoms with van der Waals surface area (Å²) in [4.78, 5) is 35.9. The molecule has 1 unspecified atom stereocenters. The predicted molar refractivity (Wildman–Crippen MR) is 154 cm³/mol. The van der Waals surface area contributed by atoms with Crippen LogP contribution >= 0.6 is 0 Å².